The molecular formula is C14H17NO3. The summed E-state index contributed by atoms with van der Waals surface area (Å²) in [6.45, 7) is 4.05. The van der Waals surface area contributed by atoms with Crippen molar-refractivity contribution in [1.29, 1.82) is 0 Å². The van der Waals surface area contributed by atoms with Gasteiger partial charge in [-0.3, -0.25) is 4.79 Å². The molecule has 1 aromatic carbocycles. The molecule has 1 amide bonds. The molecule has 0 aliphatic rings. The van der Waals surface area contributed by atoms with E-state index in [4.69, 9.17) is 5.11 Å². The number of allylic oxidation sites excluding steroid dienone is 1. The minimum Gasteiger partial charge on any atom is -0.478 e. The molecule has 0 aliphatic carbocycles. The molecule has 2 N–H and O–H groups in total. The Hall–Kier alpha value is -2.10. The van der Waals surface area contributed by atoms with E-state index in [0.717, 1.165) is 12.0 Å². The molecule has 18 heavy (non-hydrogen) atoms. The molecule has 1 rings (SSSR count). The minimum absolute atomic E-state index is 0.127. The standard InChI is InChI=1S/C14H17NO3/c1-3-5-10(2)13(16)15-9-11-6-4-7-12(8-11)14(17)18/h4-8H,3,9H2,1-2H3,(H,15,16)(H,17,18)/b10-5+. The van der Waals surface area contributed by atoms with Crippen LogP contribution in [0.1, 0.15) is 36.2 Å². The van der Waals surface area contributed by atoms with E-state index in [1.165, 1.54) is 6.07 Å². The van der Waals surface area contributed by atoms with Crippen molar-refractivity contribution in [3.05, 3.63) is 47.0 Å². The van der Waals surface area contributed by atoms with Crippen molar-refractivity contribution >= 4 is 11.9 Å². The first-order valence-electron chi connectivity index (χ1n) is 5.81. The number of carboxylic acids is 1. The largest absolute Gasteiger partial charge is 0.478 e. The van der Waals surface area contributed by atoms with Gasteiger partial charge in [0.1, 0.15) is 0 Å². The summed E-state index contributed by atoms with van der Waals surface area (Å²) in [6.07, 6.45) is 2.66. The first-order chi connectivity index (χ1) is 8.54. The molecule has 0 bridgehead atoms. The van der Waals surface area contributed by atoms with Crippen molar-refractivity contribution in [2.24, 2.45) is 0 Å². The van der Waals surface area contributed by atoms with Crippen LogP contribution in [0.25, 0.3) is 0 Å². The van der Waals surface area contributed by atoms with Crippen molar-refractivity contribution in [2.75, 3.05) is 0 Å². The van der Waals surface area contributed by atoms with E-state index < -0.39 is 5.97 Å². The molecule has 0 fully saturated rings. The number of rotatable bonds is 5. The van der Waals surface area contributed by atoms with Crippen LogP contribution in [0.4, 0.5) is 0 Å². The Kier molecular flexibility index (Phi) is 5.11. The van der Waals surface area contributed by atoms with Gasteiger partial charge in [0, 0.05) is 12.1 Å². The molecule has 4 heteroatoms. The summed E-state index contributed by atoms with van der Waals surface area (Å²) in [5.41, 5.74) is 1.67. The van der Waals surface area contributed by atoms with Gasteiger partial charge in [-0.25, -0.2) is 4.79 Å². The summed E-state index contributed by atoms with van der Waals surface area (Å²) in [5, 5.41) is 11.6. The van der Waals surface area contributed by atoms with Crippen LogP contribution in [0.2, 0.25) is 0 Å². The zero-order valence-electron chi connectivity index (χ0n) is 10.6. The maximum atomic E-state index is 11.6. The first kappa shape index (κ1) is 14.0. The van der Waals surface area contributed by atoms with Gasteiger partial charge in [0.15, 0.2) is 0 Å². The lowest BCUT2D eigenvalue weighted by Crippen LogP contribution is -2.23. The molecule has 0 saturated carbocycles. The van der Waals surface area contributed by atoms with E-state index in [0.29, 0.717) is 12.1 Å². The third-order valence-corrected chi connectivity index (χ3v) is 2.50. The van der Waals surface area contributed by atoms with Crippen LogP contribution in [0.15, 0.2) is 35.9 Å². The third-order valence-electron chi connectivity index (χ3n) is 2.50. The molecule has 0 spiro atoms. The number of benzene rings is 1. The second kappa shape index (κ2) is 6.59. The summed E-state index contributed by atoms with van der Waals surface area (Å²) >= 11 is 0. The summed E-state index contributed by atoms with van der Waals surface area (Å²) in [7, 11) is 0. The van der Waals surface area contributed by atoms with Crippen LogP contribution >= 0.6 is 0 Å². The van der Waals surface area contributed by atoms with Crippen LogP contribution < -0.4 is 5.32 Å². The number of hydrogen-bond donors (Lipinski definition) is 2. The van der Waals surface area contributed by atoms with Gasteiger partial charge in [0.05, 0.1) is 5.56 Å². The highest BCUT2D eigenvalue weighted by atomic mass is 16.4. The van der Waals surface area contributed by atoms with Gasteiger partial charge in [-0.15, -0.1) is 0 Å². The summed E-state index contributed by atoms with van der Waals surface area (Å²) < 4.78 is 0. The van der Waals surface area contributed by atoms with Gasteiger partial charge in [-0.05, 0) is 31.0 Å². The Morgan fingerprint density at radius 1 is 1.39 bits per heavy atom. The molecule has 0 aliphatic heterocycles. The second-order valence-electron chi connectivity index (χ2n) is 3.98. The van der Waals surface area contributed by atoms with Crippen LogP contribution in [0.3, 0.4) is 0 Å². The Balaban J connectivity index is 2.64. The molecule has 0 unspecified atom stereocenters. The highest BCUT2D eigenvalue weighted by Gasteiger charge is 2.05. The maximum absolute atomic E-state index is 11.6. The monoisotopic (exact) mass is 247 g/mol. The van der Waals surface area contributed by atoms with E-state index in [-0.39, 0.29) is 11.5 Å². The van der Waals surface area contributed by atoms with Crippen LogP contribution in [-0.2, 0) is 11.3 Å². The minimum atomic E-state index is -0.967. The average molecular weight is 247 g/mol. The first-order valence-corrected chi connectivity index (χ1v) is 5.81. The average Bonchev–Trinajstić information content (AvgIpc) is 2.36. The predicted molar refractivity (Wildman–Crippen MR) is 69.3 cm³/mol. The number of aromatic carboxylic acids is 1. The fourth-order valence-corrected chi connectivity index (χ4v) is 1.53. The Labute approximate surface area is 106 Å². The maximum Gasteiger partial charge on any atom is 0.335 e. The van der Waals surface area contributed by atoms with Crippen LogP contribution in [0, 0.1) is 0 Å². The lowest BCUT2D eigenvalue weighted by atomic mass is 10.1. The number of carbonyl (C=O) groups excluding carboxylic acids is 1. The smallest absolute Gasteiger partial charge is 0.335 e. The zero-order valence-corrected chi connectivity index (χ0v) is 10.6. The highest BCUT2D eigenvalue weighted by Crippen LogP contribution is 2.05. The van der Waals surface area contributed by atoms with E-state index in [2.05, 4.69) is 5.32 Å². The SMILES string of the molecule is CC/C=C(\C)C(=O)NCc1cccc(C(=O)O)c1. The van der Waals surface area contributed by atoms with Gasteiger partial charge in [-0.2, -0.15) is 0 Å². The van der Waals surface area contributed by atoms with Crippen LogP contribution in [0.5, 0.6) is 0 Å². The van der Waals surface area contributed by atoms with E-state index in [1.807, 2.05) is 13.0 Å². The quantitative estimate of drug-likeness (QED) is 0.785. The van der Waals surface area contributed by atoms with Gasteiger partial charge < -0.3 is 10.4 Å². The number of nitrogens with one attached hydrogen (secondary N) is 1. The van der Waals surface area contributed by atoms with Gasteiger partial charge in [0.2, 0.25) is 5.91 Å². The molecule has 0 saturated heterocycles. The molecule has 0 heterocycles. The number of carbonyl (C=O) groups is 2. The molecule has 4 nitrogen and oxygen atoms in total. The second-order valence-corrected chi connectivity index (χ2v) is 3.98. The number of hydrogen-bond acceptors (Lipinski definition) is 2. The normalized spacial score (nSPS) is 11.1. The third kappa shape index (κ3) is 4.05. The molecule has 0 aromatic heterocycles. The Morgan fingerprint density at radius 2 is 2.11 bits per heavy atom. The summed E-state index contributed by atoms with van der Waals surface area (Å²) in [5.74, 6) is -1.09. The van der Waals surface area contributed by atoms with E-state index in [1.54, 1.807) is 25.1 Å². The van der Waals surface area contributed by atoms with E-state index in [9.17, 15) is 9.59 Å². The van der Waals surface area contributed by atoms with Crippen molar-refractivity contribution < 1.29 is 14.7 Å². The van der Waals surface area contributed by atoms with Crippen LogP contribution in [-0.4, -0.2) is 17.0 Å². The zero-order chi connectivity index (χ0) is 13.5. The molecule has 0 radical (unpaired) electrons. The number of amides is 1. The summed E-state index contributed by atoms with van der Waals surface area (Å²) in [4.78, 5) is 22.4. The lowest BCUT2D eigenvalue weighted by molar-refractivity contribution is -0.117. The Bertz CT molecular complexity index is 478. The van der Waals surface area contributed by atoms with E-state index >= 15 is 0 Å². The predicted octanol–water partition coefficient (Wildman–Crippen LogP) is 2.36. The molecule has 1 aromatic rings. The summed E-state index contributed by atoms with van der Waals surface area (Å²) in [6, 6.07) is 6.53. The lowest BCUT2D eigenvalue weighted by Gasteiger charge is -2.06. The molecule has 96 valence electrons. The fourth-order valence-electron chi connectivity index (χ4n) is 1.53. The van der Waals surface area contributed by atoms with Crippen molar-refractivity contribution in [3.8, 4) is 0 Å². The van der Waals surface area contributed by atoms with Gasteiger partial charge in [-0.1, -0.05) is 25.1 Å². The van der Waals surface area contributed by atoms with Gasteiger partial charge >= 0.3 is 5.97 Å². The Morgan fingerprint density at radius 3 is 2.72 bits per heavy atom. The van der Waals surface area contributed by atoms with Crippen molar-refractivity contribution in [1.82, 2.24) is 5.32 Å². The number of carboxylic acid groups (broad SMARTS) is 1. The molecular weight excluding hydrogens is 230 g/mol. The topological polar surface area (TPSA) is 66.4 Å². The van der Waals surface area contributed by atoms with Crippen molar-refractivity contribution in [3.63, 3.8) is 0 Å². The highest BCUT2D eigenvalue weighted by molar-refractivity contribution is 5.92. The van der Waals surface area contributed by atoms with Crippen molar-refractivity contribution in [2.45, 2.75) is 26.8 Å². The van der Waals surface area contributed by atoms with Gasteiger partial charge in [0.25, 0.3) is 0 Å². The molecule has 0 atom stereocenters. The fraction of sp³-hybridized carbons (Fsp3) is 0.286.